The van der Waals surface area contributed by atoms with E-state index in [0.717, 1.165) is 5.69 Å². The molecule has 102 valence electrons. The van der Waals surface area contributed by atoms with Crippen LogP contribution in [0.25, 0.3) is 0 Å². The monoisotopic (exact) mass is 253 g/mol. The maximum atomic E-state index is 5.60. The van der Waals surface area contributed by atoms with Crippen LogP contribution in [0.1, 0.15) is 33.4 Å². The van der Waals surface area contributed by atoms with E-state index in [1.165, 1.54) is 0 Å². The zero-order valence-corrected chi connectivity index (χ0v) is 11.9. The highest BCUT2D eigenvalue weighted by atomic mass is 16.5. The third-order valence-electron chi connectivity index (χ3n) is 2.19. The molecule has 5 heteroatoms. The Labute approximate surface area is 109 Å². The third kappa shape index (κ3) is 5.93. The summed E-state index contributed by atoms with van der Waals surface area (Å²) in [5, 5.41) is 3.36. The van der Waals surface area contributed by atoms with Gasteiger partial charge in [0.2, 0.25) is 5.88 Å². The van der Waals surface area contributed by atoms with Crippen molar-refractivity contribution in [2.75, 3.05) is 13.7 Å². The van der Waals surface area contributed by atoms with Crippen LogP contribution in [0.15, 0.2) is 12.4 Å². The number of hydrogen-bond acceptors (Lipinski definition) is 5. The molecule has 0 aliphatic rings. The Morgan fingerprint density at radius 3 is 2.67 bits per heavy atom. The quantitative estimate of drug-likeness (QED) is 0.837. The minimum atomic E-state index is -0.0323. The molecule has 0 spiro atoms. The van der Waals surface area contributed by atoms with Crippen molar-refractivity contribution in [1.82, 2.24) is 15.3 Å². The standard InChI is InChI=1S/C13H23N3O2/c1-10(9-17-5)18-12-8-14-6-11(16-12)7-15-13(2,3)4/h6,8,10,15H,7,9H2,1-5H3. The Balaban J connectivity index is 2.56. The summed E-state index contributed by atoms with van der Waals surface area (Å²) in [6, 6.07) is 0. The Morgan fingerprint density at radius 1 is 1.33 bits per heavy atom. The molecule has 0 aliphatic carbocycles. The summed E-state index contributed by atoms with van der Waals surface area (Å²) >= 11 is 0. The zero-order chi connectivity index (χ0) is 13.6. The molecule has 0 fully saturated rings. The van der Waals surface area contributed by atoms with Crippen LogP contribution in [0.2, 0.25) is 0 Å². The molecule has 5 nitrogen and oxygen atoms in total. The van der Waals surface area contributed by atoms with Crippen LogP contribution in [-0.4, -0.2) is 35.3 Å². The summed E-state index contributed by atoms with van der Waals surface area (Å²) in [6.07, 6.45) is 3.33. The van der Waals surface area contributed by atoms with Gasteiger partial charge in [0.25, 0.3) is 0 Å². The molecule has 18 heavy (non-hydrogen) atoms. The van der Waals surface area contributed by atoms with Gasteiger partial charge in [0.15, 0.2) is 0 Å². The Hall–Kier alpha value is -1.20. The van der Waals surface area contributed by atoms with Crippen molar-refractivity contribution >= 4 is 0 Å². The van der Waals surface area contributed by atoms with Crippen molar-refractivity contribution in [1.29, 1.82) is 0 Å². The molecule has 0 saturated heterocycles. The molecule has 1 unspecified atom stereocenters. The normalized spacial score (nSPS) is 13.4. The highest BCUT2D eigenvalue weighted by Crippen LogP contribution is 2.09. The maximum Gasteiger partial charge on any atom is 0.232 e. The molecule has 1 atom stereocenters. The zero-order valence-electron chi connectivity index (χ0n) is 11.9. The summed E-state index contributed by atoms with van der Waals surface area (Å²) in [5.41, 5.74) is 0.925. The molecule has 0 aliphatic heterocycles. The molecule has 1 aromatic rings. The lowest BCUT2D eigenvalue weighted by molar-refractivity contribution is 0.0885. The molecule has 0 aromatic carbocycles. The number of methoxy groups -OCH3 is 1. The van der Waals surface area contributed by atoms with Crippen LogP contribution < -0.4 is 10.1 Å². The van der Waals surface area contributed by atoms with Crippen LogP contribution >= 0.6 is 0 Å². The van der Waals surface area contributed by atoms with Crippen LogP contribution in [-0.2, 0) is 11.3 Å². The highest BCUT2D eigenvalue weighted by molar-refractivity contribution is 5.08. The van der Waals surface area contributed by atoms with Gasteiger partial charge in [0.05, 0.1) is 18.5 Å². The fourth-order valence-corrected chi connectivity index (χ4v) is 1.36. The lowest BCUT2D eigenvalue weighted by Gasteiger charge is -2.20. The van der Waals surface area contributed by atoms with E-state index in [1.807, 2.05) is 6.92 Å². The molecule has 0 amide bonds. The first-order valence-electron chi connectivity index (χ1n) is 6.12. The summed E-state index contributed by atoms with van der Waals surface area (Å²) in [6.45, 7) is 9.48. The van der Waals surface area contributed by atoms with E-state index in [1.54, 1.807) is 19.5 Å². The van der Waals surface area contributed by atoms with Gasteiger partial charge in [-0.1, -0.05) is 0 Å². The molecule has 0 bridgehead atoms. The molecule has 0 saturated carbocycles. The van der Waals surface area contributed by atoms with Gasteiger partial charge >= 0.3 is 0 Å². The van der Waals surface area contributed by atoms with Gasteiger partial charge in [0.1, 0.15) is 6.10 Å². The van der Waals surface area contributed by atoms with Gasteiger partial charge in [0, 0.05) is 25.4 Å². The van der Waals surface area contributed by atoms with Crippen LogP contribution in [0.4, 0.5) is 0 Å². The van der Waals surface area contributed by atoms with Gasteiger partial charge in [-0.05, 0) is 27.7 Å². The number of ether oxygens (including phenoxy) is 2. The molecule has 1 rings (SSSR count). The largest absolute Gasteiger partial charge is 0.471 e. The van der Waals surface area contributed by atoms with Gasteiger partial charge in [-0.25, -0.2) is 4.98 Å². The number of aromatic nitrogens is 2. The predicted octanol–water partition coefficient (Wildman–Crippen LogP) is 1.78. The van der Waals surface area contributed by atoms with Crippen molar-refractivity contribution < 1.29 is 9.47 Å². The Bertz CT molecular complexity index is 363. The molecular weight excluding hydrogens is 230 g/mol. The van der Waals surface area contributed by atoms with Gasteiger partial charge < -0.3 is 14.8 Å². The summed E-state index contributed by atoms with van der Waals surface area (Å²) < 4.78 is 10.6. The lowest BCUT2D eigenvalue weighted by Crippen LogP contribution is -2.35. The number of nitrogens with one attached hydrogen (secondary N) is 1. The molecule has 1 aromatic heterocycles. The fourth-order valence-electron chi connectivity index (χ4n) is 1.36. The summed E-state index contributed by atoms with van der Waals surface area (Å²) in [7, 11) is 1.65. The van der Waals surface area contributed by atoms with Crippen molar-refractivity contribution in [3.63, 3.8) is 0 Å². The van der Waals surface area contributed by atoms with Gasteiger partial charge in [-0.2, -0.15) is 0 Å². The minimum absolute atomic E-state index is 0.0323. The number of nitrogens with zero attached hydrogens (tertiary/aromatic N) is 2. The Kier molecular flexibility index (Phi) is 5.50. The number of rotatable bonds is 6. The average Bonchev–Trinajstić information content (AvgIpc) is 2.26. The molecular formula is C13H23N3O2. The highest BCUT2D eigenvalue weighted by Gasteiger charge is 2.10. The first-order valence-corrected chi connectivity index (χ1v) is 6.12. The molecule has 0 radical (unpaired) electrons. The third-order valence-corrected chi connectivity index (χ3v) is 2.19. The molecule has 1 N–H and O–H groups in total. The second-order valence-corrected chi connectivity index (χ2v) is 5.34. The predicted molar refractivity (Wildman–Crippen MR) is 70.6 cm³/mol. The number of hydrogen-bond donors (Lipinski definition) is 1. The average molecular weight is 253 g/mol. The first-order chi connectivity index (χ1) is 8.40. The van der Waals surface area contributed by atoms with Crippen LogP contribution in [0.5, 0.6) is 5.88 Å². The van der Waals surface area contributed by atoms with Crippen molar-refractivity contribution in [2.45, 2.75) is 45.9 Å². The topological polar surface area (TPSA) is 56.3 Å². The summed E-state index contributed by atoms with van der Waals surface area (Å²) in [4.78, 5) is 8.53. The van der Waals surface area contributed by atoms with Crippen LogP contribution in [0, 0.1) is 0 Å². The maximum absolute atomic E-state index is 5.60. The Morgan fingerprint density at radius 2 is 2.06 bits per heavy atom. The van der Waals surface area contributed by atoms with Crippen molar-refractivity contribution in [2.24, 2.45) is 0 Å². The van der Waals surface area contributed by atoms with E-state index >= 15 is 0 Å². The van der Waals surface area contributed by atoms with Crippen molar-refractivity contribution in [3.05, 3.63) is 18.1 Å². The second-order valence-electron chi connectivity index (χ2n) is 5.34. The summed E-state index contributed by atoms with van der Waals surface area (Å²) in [5.74, 6) is 0.535. The molecule has 1 heterocycles. The second kappa shape index (κ2) is 6.66. The van der Waals surface area contributed by atoms with E-state index in [9.17, 15) is 0 Å². The SMILES string of the molecule is COCC(C)Oc1cncc(CNC(C)(C)C)n1. The lowest BCUT2D eigenvalue weighted by atomic mass is 10.1. The minimum Gasteiger partial charge on any atom is -0.471 e. The van der Waals surface area contributed by atoms with Gasteiger partial charge in [-0.3, -0.25) is 4.98 Å². The van der Waals surface area contributed by atoms with E-state index in [0.29, 0.717) is 19.0 Å². The van der Waals surface area contributed by atoms with Crippen LogP contribution in [0.3, 0.4) is 0 Å². The van der Waals surface area contributed by atoms with E-state index in [-0.39, 0.29) is 11.6 Å². The van der Waals surface area contributed by atoms with Crippen molar-refractivity contribution in [3.8, 4) is 5.88 Å². The smallest absolute Gasteiger partial charge is 0.232 e. The van der Waals surface area contributed by atoms with E-state index < -0.39 is 0 Å². The van der Waals surface area contributed by atoms with E-state index in [4.69, 9.17) is 9.47 Å². The first kappa shape index (κ1) is 14.9. The fraction of sp³-hybridized carbons (Fsp3) is 0.692. The van der Waals surface area contributed by atoms with Gasteiger partial charge in [-0.15, -0.1) is 0 Å². The van der Waals surface area contributed by atoms with E-state index in [2.05, 4.69) is 36.1 Å².